The lowest BCUT2D eigenvalue weighted by Crippen LogP contribution is -2.40. The number of hydrazone groups is 1. The van der Waals surface area contributed by atoms with Gasteiger partial charge >= 0.3 is 0 Å². The third-order valence-corrected chi connectivity index (χ3v) is 7.19. The molecule has 0 aliphatic heterocycles. The fourth-order valence-corrected chi connectivity index (χ4v) is 5.01. The topological polar surface area (TPSA) is 97.3 Å². The maximum absolute atomic E-state index is 13.5. The lowest BCUT2D eigenvalue weighted by Gasteiger charge is -2.25. The molecule has 0 heterocycles. The van der Waals surface area contributed by atoms with Gasteiger partial charge in [0.25, 0.3) is 15.9 Å². The van der Waals surface area contributed by atoms with Crippen molar-refractivity contribution >= 4 is 27.8 Å². The van der Waals surface area contributed by atoms with Gasteiger partial charge in [0.2, 0.25) is 0 Å². The predicted octanol–water partition coefficient (Wildman–Crippen LogP) is 4.84. The van der Waals surface area contributed by atoms with Crippen LogP contribution in [0.25, 0.3) is 0 Å². The Labute approximate surface area is 219 Å². The van der Waals surface area contributed by atoms with Gasteiger partial charge in [-0.05, 0) is 74.7 Å². The van der Waals surface area contributed by atoms with E-state index >= 15 is 0 Å². The molecular formula is C28H33N3O5S. The number of ether oxygens (including phenoxy) is 2. The van der Waals surface area contributed by atoms with E-state index in [1.807, 2.05) is 26.8 Å². The van der Waals surface area contributed by atoms with Crippen molar-refractivity contribution in [3.63, 3.8) is 0 Å². The van der Waals surface area contributed by atoms with Gasteiger partial charge in [0.1, 0.15) is 6.54 Å². The summed E-state index contributed by atoms with van der Waals surface area (Å²) in [4.78, 5) is 12.9. The van der Waals surface area contributed by atoms with E-state index in [9.17, 15) is 13.2 Å². The Morgan fingerprint density at radius 3 is 2.38 bits per heavy atom. The minimum atomic E-state index is -4.00. The summed E-state index contributed by atoms with van der Waals surface area (Å²) in [6, 6.07) is 18.9. The molecule has 1 N–H and O–H groups in total. The molecule has 0 fully saturated rings. The number of sulfonamides is 1. The predicted molar refractivity (Wildman–Crippen MR) is 146 cm³/mol. The van der Waals surface area contributed by atoms with E-state index in [1.54, 1.807) is 55.5 Å². The van der Waals surface area contributed by atoms with Crippen molar-refractivity contribution in [3.05, 3.63) is 83.4 Å². The molecule has 0 aliphatic rings. The SMILES string of the molecule is CCCOc1ccc(/C=N/NC(=O)CN(c2ccccc2C)S(=O)(=O)c2ccc(C)cc2)cc1OCC. The Bertz CT molecular complexity index is 1340. The largest absolute Gasteiger partial charge is 0.490 e. The molecule has 9 heteroatoms. The second kappa shape index (κ2) is 12.9. The van der Waals surface area contributed by atoms with Crippen LogP contribution in [0.4, 0.5) is 5.69 Å². The van der Waals surface area contributed by atoms with E-state index in [0.717, 1.165) is 21.9 Å². The summed E-state index contributed by atoms with van der Waals surface area (Å²) in [5.41, 5.74) is 5.21. The standard InChI is InChI=1S/C28H33N3O5S/c1-5-17-36-26-16-13-23(18-27(26)35-6-2)19-29-30-28(32)20-31(25-10-8-7-9-22(25)4)37(33,34)24-14-11-21(3)12-15-24/h7-16,18-19H,5-6,17,20H2,1-4H3,(H,30,32)/b29-19+. The molecule has 0 unspecified atom stereocenters. The first-order valence-corrected chi connectivity index (χ1v) is 13.6. The van der Waals surface area contributed by atoms with Gasteiger partial charge in [-0.3, -0.25) is 9.10 Å². The van der Waals surface area contributed by atoms with Crippen molar-refractivity contribution in [1.29, 1.82) is 0 Å². The molecule has 0 saturated heterocycles. The Balaban J connectivity index is 1.79. The number of aryl methyl sites for hydroxylation is 2. The van der Waals surface area contributed by atoms with Gasteiger partial charge in [-0.2, -0.15) is 5.10 Å². The number of anilines is 1. The summed E-state index contributed by atoms with van der Waals surface area (Å²) in [6.45, 7) is 8.20. The van der Waals surface area contributed by atoms with Crippen molar-refractivity contribution in [2.24, 2.45) is 5.10 Å². The molecule has 0 spiro atoms. The quantitative estimate of drug-likeness (QED) is 0.271. The first kappa shape index (κ1) is 27.7. The third kappa shape index (κ3) is 7.33. The van der Waals surface area contributed by atoms with E-state index < -0.39 is 22.5 Å². The van der Waals surface area contributed by atoms with Crippen LogP contribution in [0.15, 0.2) is 76.7 Å². The fraction of sp³-hybridized carbons (Fsp3) is 0.286. The first-order valence-electron chi connectivity index (χ1n) is 12.1. The number of para-hydroxylation sites is 1. The zero-order valence-electron chi connectivity index (χ0n) is 21.6. The molecule has 0 aliphatic carbocycles. The zero-order valence-corrected chi connectivity index (χ0v) is 22.4. The summed E-state index contributed by atoms with van der Waals surface area (Å²) in [7, 11) is -4.00. The minimum Gasteiger partial charge on any atom is -0.490 e. The Morgan fingerprint density at radius 1 is 0.973 bits per heavy atom. The van der Waals surface area contributed by atoms with Crippen LogP contribution in [0.2, 0.25) is 0 Å². The van der Waals surface area contributed by atoms with Gasteiger partial charge in [-0.25, -0.2) is 13.8 Å². The van der Waals surface area contributed by atoms with Crippen molar-refractivity contribution in [1.82, 2.24) is 5.43 Å². The Hall–Kier alpha value is -3.85. The van der Waals surface area contributed by atoms with Gasteiger partial charge in [0.15, 0.2) is 11.5 Å². The number of amides is 1. The van der Waals surface area contributed by atoms with Gasteiger partial charge in [-0.15, -0.1) is 0 Å². The molecule has 0 saturated carbocycles. The number of carbonyl (C=O) groups is 1. The molecule has 0 atom stereocenters. The van der Waals surface area contributed by atoms with E-state index in [2.05, 4.69) is 10.5 Å². The van der Waals surface area contributed by atoms with Crippen LogP contribution in [0, 0.1) is 13.8 Å². The molecule has 0 aromatic heterocycles. The molecular weight excluding hydrogens is 490 g/mol. The van der Waals surface area contributed by atoms with Crippen molar-refractivity contribution in [3.8, 4) is 11.5 Å². The van der Waals surface area contributed by atoms with Crippen molar-refractivity contribution < 1.29 is 22.7 Å². The number of benzene rings is 3. The van der Waals surface area contributed by atoms with Crippen LogP contribution in [-0.4, -0.2) is 40.3 Å². The first-order chi connectivity index (χ1) is 17.8. The van der Waals surface area contributed by atoms with Crippen LogP contribution < -0.4 is 19.2 Å². The normalized spacial score (nSPS) is 11.4. The second-order valence-corrected chi connectivity index (χ2v) is 10.3. The number of nitrogens with zero attached hydrogens (tertiary/aromatic N) is 2. The number of nitrogens with one attached hydrogen (secondary N) is 1. The van der Waals surface area contributed by atoms with E-state index in [1.165, 1.54) is 18.3 Å². The Morgan fingerprint density at radius 2 is 1.70 bits per heavy atom. The highest BCUT2D eigenvalue weighted by Gasteiger charge is 2.28. The van der Waals surface area contributed by atoms with Gasteiger partial charge in [0.05, 0.1) is 30.0 Å². The lowest BCUT2D eigenvalue weighted by atomic mass is 10.2. The maximum Gasteiger partial charge on any atom is 0.264 e. The molecule has 3 aromatic carbocycles. The van der Waals surface area contributed by atoms with Crippen LogP contribution in [0.5, 0.6) is 11.5 Å². The van der Waals surface area contributed by atoms with Crippen molar-refractivity contribution in [2.75, 3.05) is 24.1 Å². The highest BCUT2D eigenvalue weighted by Crippen LogP contribution is 2.29. The maximum atomic E-state index is 13.5. The Kier molecular flexibility index (Phi) is 9.68. The van der Waals surface area contributed by atoms with Gasteiger partial charge in [-0.1, -0.05) is 42.8 Å². The molecule has 196 valence electrons. The number of carbonyl (C=O) groups excluding carboxylic acids is 1. The van der Waals surface area contributed by atoms with Gasteiger partial charge in [0, 0.05) is 0 Å². The smallest absolute Gasteiger partial charge is 0.264 e. The number of hydrogen-bond acceptors (Lipinski definition) is 6. The van der Waals surface area contributed by atoms with E-state index in [-0.39, 0.29) is 4.90 Å². The van der Waals surface area contributed by atoms with Crippen LogP contribution in [0.3, 0.4) is 0 Å². The zero-order chi connectivity index (χ0) is 26.8. The summed E-state index contributed by atoms with van der Waals surface area (Å²) >= 11 is 0. The molecule has 3 aromatic rings. The van der Waals surface area contributed by atoms with E-state index in [4.69, 9.17) is 9.47 Å². The van der Waals surface area contributed by atoms with Crippen molar-refractivity contribution in [2.45, 2.75) is 39.0 Å². The van der Waals surface area contributed by atoms with E-state index in [0.29, 0.717) is 36.0 Å². The fourth-order valence-electron chi connectivity index (χ4n) is 3.53. The third-order valence-electron chi connectivity index (χ3n) is 5.41. The second-order valence-electron chi connectivity index (χ2n) is 8.39. The highest BCUT2D eigenvalue weighted by molar-refractivity contribution is 7.92. The average molecular weight is 524 g/mol. The average Bonchev–Trinajstić information content (AvgIpc) is 2.88. The lowest BCUT2D eigenvalue weighted by molar-refractivity contribution is -0.119. The monoisotopic (exact) mass is 523 g/mol. The molecule has 0 radical (unpaired) electrons. The van der Waals surface area contributed by atoms with Crippen LogP contribution in [0.1, 0.15) is 37.0 Å². The molecule has 8 nitrogen and oxygen atoms in total. The van der Waals surface area contributed by atoms with Crippen LogP contribution in [-0.2, 0) is 14.8 Å². The summed E-state index contributed by atoms with van der Waals surface area (Å²) in [5.74, 6) is 0.643. The van der Waals surface area contributed by atoms with Gasteiger partial charge < -0.3 is 9.47 Å². The highest BCUT2D eigenvalue weighted by atomic mass is 32.2. The van der Waals surface area contributed by atoms with Crippen LogP contribution >= 0.6 is 0 Å². The molecule has 3 rings (SSSR count). The molecule has 37 heavy (non-hydrogen) atoms. The minimum absolute atomic E-state index is 0.103. The summed E-state index contributed by atoms with van der Waals surface area (Å²) in [6.07, 6.45) is 2.34. The summed E-state index contributed by atoms with van der Waals surface area (Å²) < 4.78 is 39.5. The molecule has 0 bridgehead atoms. The molecule has 1 amide bonds. The summed E-state index contributed by atoms with van der Waals surface area (Å²) in [5, 5.41) is 4.03. The number of rotatable bonds is 12. The number of hydrogen-bond donors (Lipinski definition) is 1.